The number of hydrogen-bond acceptors (Lipinski definition) is 4. The van der Waals surface area contributed by atoms with E-state index in [-0.39, 0.29) is 12.5 Å². The van der Waals surface area contributed by atoms with Crippen LogP contribution < -0.4 is 14.8 Å². The van der Waals surface area contributed by atoms with Crippen LogP contribution in [0.5, 0.6) is 11.5 Å². The Morgan fingerprint density at radius 1 is 1.38 bits per heavy atom. The van der Waals surface area contributed by atoms with Gasteiger partial charge in [0.2, 0.25) is 0 Å². The molecule has 1 atom stereocenters. The van der Waals surface area contributed by atoms with Crippen molar-refractivity contribution in [1.82, 2.24) is 5.32 Å². The van der Waals surface area contributed by atoms with Crippen LogP contribution in [0.2, 0.25) is 5.02 Å². The van der Waals surface area contributed by atoms with Crippen LogP contribution in [0.4, 0.5) is 0 Å². The van der Waals surface area contributed by atoms with E-state index in [2.05, 4.69) is 5.32 Å². The molecule has 0 fully saturated rings. The Balaban J connectivity index is 2.99. The monoisotopic (exact) mass is 315 g/mol. The summed E-state index contributed by atoms with van der Waals surface area (Å²) in [5, 5.41) is 12.1. The van der Waals surface area contributed by atoms with Gasteiger partial charge in [-0.15, -0.1) is 0 Å². The van der Waals surface area contributed by atoms with Crippen LogP contribution in [0.3, 0.4) is 0 Å². The Hall–Kier alpha value is -1.46. The molecule has 118 valence electrons. The fourth-order valence-corrected chi connectivity index (χ4v) is 1.91. The highest BCUT2D eigenvalue weighted by Crippen LogP contribution is 2.36. The third-order valence-electron chi connectivity index (χ3n) is 2.58. The van der Waals surface area contributed by atoms with Crippen molar-refractivity contribution in [2.24, 2.45) is 0 Å². The second-order valence-electron chi connectivity index (χ2n) is 4.63. The molecule has 0 saturated carbocycles. The summed E-state index contributed by atoms with van der Waals surface area (Å²) < 4.78 is 11.1. The Kier molecular flexibility index (Phi) is 7.32. The third-order valence-corrected chi connectivity index (χ3v) is 2.86. The number of halogens is 1. The molecule has 5 nitrogen and oxygen atoms in total. The van der Waals surface area contributed by atoms with E-state index in [1.165, 1.54) is 6.07 Å². The van der Waals surface area contributed by atoms with Crippen molar-refractivity contribution in [2.45, 2.75) is 33.3 Å². The molecule has 0 heterocycles. The van der Waals surface area contributed by atoms with Gasteiger partial charge in [0, 0.05) is 12.1 Å². The molecule has 1 amide bonds. The normalized spacial score (nSPS) is 11.9. The Bertz CT molecular complexity index is 477. The molecule has 1 rings (SSSR count). The summed E-state index contributed by atoms with van der Waals surface area (Å²) in [6.45, 7) is 6.57. The molecule has 0 aromatic heterocycles. The lowest BCUT2D eigenvalue weighted by molar-refractivity contribution is 0.0923. The minimum Gasteiger partial charge on any atom is -0.490 e. The van der Waals surface area contributed by atoms with Gasteiger partial charge in [0.1, 0.15) is 0 Å². The fraction of sp³-hybridized carbons (Fsp3) is 0.533. The summed E-state index contributed by atoms with van der Waals surface area (Å²) >= 11 is 6.18. The number of benzene rings is 1. The van der Waals surface area contributed by atoms with Crippen LogP contribution in [0.25, 0.3) is 0 Å². The summed E-state index contributed by atoms with van der Waals surface area (Å²) in [7, 11) is 0. The van der Waals surface area contributed by atoms with Gasteiger partial charge in [-0.25, -0.2) is 0 Å². The number of amides is 1. The standard InChI is InChI=1S/C15H22ClNO4/c1-4-6-21-14-12(16)7-11(8-13(14)20-5-2)15(19)17-9-10(3)18/h7-8,10,18H,4-6,9H2,1-3H3,(H,17,19). The highest BCUT2D eigenvalue weighted by Gasteiger charge is 2.16. The number of aliphatic hydroxyl groups is 1. The van der Waals surface area contributed by atoms with Crippen LogP contribution >= 0.6 is 11.6 Å². The van der Waals surface area contributed by atoms with Crippen molar-refractivity contribution in [1.29, 1.82) is 0 Å². The highest BCUT2D eigenvalue weighted by atomic mass is 35.5. The number of rotatable bonds is 8. The highest BCUT2D eigenvalue weighted by molar-refractivity contribution is 6.32. The summed E-state index contributed by atoms with van der Waals surface area (Å²) in [6, 6.07) is 3.13. The molecule has 0 saturated heterocycles. The Morgan fingerprint density at radius 3 is 2.67 bits per heavy atom. The number of nitrogens with one attached hydrogen (secondary N) is 1. The summed E-state index contributed by atoms with van der Waals surface area (Å²) in [5.41, 5.74) is 0.368. The van der Waals surface area contributed by atoms with Crippen molar-refractivity contribution in [3.8, 4) is 11.5 Å². The van der Waals surface area contributed by atoms with Gasteiger partial charge in [0.05, 0.1) is 24.3 Å². The molecule has 1 aromatic rings. The average molecular weight is 316 g/mol. The third kappa shape index (κ3) is 5.44. The molecule has 0 radical (unpaired) electrons. The van der Waals surface area contributed by atoms with Gasteiger partial charge < -0.3 is 19.9 Å². The second kappa shape index (κ2) is 8.74. The molecule has 0 bridgehead atoms. The number of aliphatic hydroxyl groups excluding tert-OH is 1. The van der Waals surface area contributed by atoms with Crippen LogP contribution in [0.15, 0.2) is 12.1 Å². The number of ether oxygens (including phenoxy) is 2. The molecule has 1 unspecified atom stereocenters. The Morgan fingerprint density at radius 2 is 2.10 bits per heavy atom. The molecule has 2 N–H and O–H groups in total. The van der Waals surface area contributed by atoms with Crippen molar-refractivity contribution in [2.75, 3.05) is 19.8 Å². The zero-order valence-corrected chi connectivity index (χ0v) is 13.4. The van der Waals surface area contributed by atoms with E-state index in [1.54, 1.807) is 13.0 Å². The van der Waals surface area contributed by atoms with E-state index in [9.17, 15) is 9.90 Å². The molecular formula is C15H22ClNO4. The minimum atomic E-state index is -0.608. The molecule has 0 aliphatic heterocycles. The average Bonchev–Trinajstić information content (AvgIpc) is 2.44. The van der Waals surface area contributed by atoms with E-state index >= 15 is 0 Å². The van der Waals surface area contributed by atoms with Crippen LogP contribution in [-0.4, -0.2) is 36.9 Å². The first-order valence-corrected chi connectivity index (χ1v) is 7.42. The Labute approximate surface area is 130 Å². The lowest BCUT2D eigenvalue weighted by Gasteiger charge is -2.15. The maximum Gasteiger partial charge on any atom is 0.251 e. The molecule has 1 aromatic carbocycles. The number of hydrogen-bond donors (Lipinski definition) is 2. The lowest BCUT2D eigenvalue weighted by atomic mass is 10.2. The van der Waals surface area contributed by atoms with E-state index in [0.717, 1.165) is 6.42 Å². The van der Waals surface area contributed by atoms with Crippen LogP contribution in [0, 0.1) is 0 Å². The van der Waals surface area contributed by atoms with Crippen LogP contribution in [0.1, 0.15) is 37.6 Å². The second-order valence-corrected chi connectivity index (χ2v) is 5.03. The molecule has 0 aliphatic rings. The van der Waals surface area contributed by atoms with E-state index < -0.39 is 6.10 Å². The van der Waals surface area contributed by atoms with Crippen molar-refractivity contribution < 1.29 is 19.4 Å². The maximum absolute atomic E-state index is 12.0. The molecule has 0 aliphatic carbocycles. The topological polar surface area (TPSA) is 67.8 Å². The van der Waals surface area contributed by atoms with Gasteiger partial charge in [0.25, 0.3) is 5.91 Å². The molecule has 21 heavy (non-hydrogen) atoms. The smallest absolute Gasteiger partial charge is 0.251 e. The summed E-state index contributed by atoms with van der Waals surface area (Å²) in [5.74, 6) is 0.578. The predicted octanol–water partition coefficient (Wildman–Crippen LogP) is 2.64. The first-order valence-electron chi connectivity index (χ1n) is 7.04. The maximum atomic E-state index is 12.0. The van der Waals surface area contributed by atoms with E-state index in [4.69, 9.17) is 21.1 Å². The first-order chi connectivity index (χ1) is 9.99. The van der Waals surface area contributed by atoms with Crippen LogP contribution in [-0.2, 0) is 0 Å². The van der Waals surface area contributed by atoms with Gasteiger partial charge in [-0.1, -0.05) is 18.5 Å². The molecular weight excluding hydrogens is 294 g/mol. The van der Waals surface area contributed by atoms with Crippen molar-refractivity contribution in [3.63, 3.8) is 0 Å². The largest absolute Gasteiger partial charge is 0.490 e. The quantitative estimate of drug-likeness (QED) is 0.774. The van der Waals surface area contributed by atoms with Gasteiger partial charge in [-0.2, -0.15) is 0 Å². The summed E-state index contributed by atoms with van der Waals surface area (Å²) in [4.78, 5) is 12.0. The molecule has 6 heteroatoms. The zero-order valence-electron chi connectivity index (χ0n) is 12.6. The minimum absolute atomic E-state index is 0.175. The van der Waals surface area contributed by atoms with Gasteiger partial charge >= 0.3 is 0 Å². The molecule has 0 spiro atoms. The first kappa shape index (κ1) is 17.6. The SMILES string of the molecule is CCCOc1c(Cl)cc(C(=O)NCC(C)O)cc1OCC. The summed E-state index contributed by atoms with van der Waals surface area (Å²) in [6.07, 6.45) is 0.237. The van der Waals surface area contributed by atoms with Crippen molar-refractivity contribution in [3.05, 3.63) is 22.7 Å². The number of carbonyl (C=O) groups is 1. The van der Waals surface area contributed by atoms with Gasteiger partial charge in [-0.05, 0) is 32.4 Å². The van der Waals surface area contributed by atoms with E-state index in [0.29, 0.717) is 35.3 Å². The number of carbonyl (C=O) groups excluding carboxylic acids is 1. The lowest BCUT2D eigenvalue weighted by Crippen LogP contribution is -2.30. The zero-order chi connectivity index (χ0) is 15.8. The van der Waals surface area contributed by atoms with Crippen molar-refractivity contribution >= 4 is 17.5 Å². The van der Waals surface area contributed by atoms with E-state index in [1.807, 2.05) is 13.8 Å². The van der Waals surface area contributed by atoms with Gasteiger partial charge in [-0.3, -0.25) is 4.79 Å². The van der Waals surface area contributed by atoms with Gasteiger partial charge in [0.15, 0.2) is 11.5 Å². The predicted molar refractivity (Wildman–Crippen MR) is 82.4 cm³/mol. The fourth-order valence-electron chi connectivity index (χ4n) is 1.65.